The molecule has 7 nitrogen and oxygen atoms in total. The van der Waals surface area contributed by atoms with Crippen molar-refractivity contribution in [2.45, 2.75) is 38.9 Å². The number of hydrogen-bond donors (Lipinski definition) is 1. The number of hydrogen-bond acceptors (Lipinski definition) is 6. The van der Waals surface area contributed by atoms with E-state index in [0.717, 1.165) is 37.8 Å². The Morgan fingerprint density at radius 1 is 1.11 bits per heavy atom. The minimum atomic E-state index is -0.256. The van der Waals surface area contributed by atoms with Crippen molar-refractivity contribution in [2.24, 2.45) is 0 Å². The number of nitrogens with zero attached hydrogens (tertiary/aromatic N) is 4. The van der Waals surface area contributed by atoms with Crippen molar-refractivity contribution in [2.75, 3.05) is 25.1 Å². The fourth-order valence-electron chi connectivity index (χ4n) is 4.97. The van der Waals surface area contributed by atoms with Gasteiger partial charge in [-0.3, -0.25) is 0 Å². The van der Waals surface area contributed by atoms with Gasteiger partial charge in [0.2, 0.25) is 0 Å². The largest absolute Gasteiger partial charge is 0.497 e. The van der Waals surface area contributed by atoms with E-state index in [2.05, 4.69) is 34.0 Å². The molecule has 4 aromatic rings. The molecule has 5 rings (SSSR count). The molecular formula is C28H30FN5O2S. The SMILES string of the molecule is COc1cccc([C@H](C)NC(=O)N2[C@H](C)CN(c3ncnc4cc(-c5ccc(F)cc5)sc34)C[C@@H]2C)c1. The summed E-state index contributed by atoms with van der Waals surface area (Å²) in [5.41, 5.74) is 2.80. The third-order valence-corrected chi connectivity index (χ3v) is 7.98. The second kappa shape index (κ2) is 10.3. The Kier molecular flexibility index (Phi) is 6.97. The van der Waals surface area contributed by atoms with Crippen molar-refractivity contribution < 1.29 is 13.9 Å². The molecule has 1 aliphatic rings. The first-order valence-electron chi connectivity index (χ1n) is 12.3. The number of rotatable bonds is 5. The number of piperazine rings is 1. The molecule has 0 radical (unpaired) electrons. The van der Waals surface area contributed by atoms with Crippen molar-refractivity contribution >= 4 is 33.4 Å². The highest BCUT2D eigenvalue weighted by Crippen LogP contribution is 2.38. The molecule has 3 atom stereocenters. The van der Waals surface area contributed by atoms with Gasteiger partial charge < -0.3 is 19.9 Å². The molecule has 1 N–H and O–H groups in total. The molecule has 1 saturated heterocycles. The van der Waals surface area contributed by atoms with Crippen molar-refractivity contribution in [3.63, 3.8) is 0 Å². The zero-order valence-corrected chi connectivity index (χ0v) is 22.1. The van der Waals surface area contributed by atoms with Gasteiger partial charge in [0.15, 0.2) is 0 Å². The maximum absolute atomic E-state index is 13.4. The number of halogens is 1. The van der Waals surface area contributed by atoms with Crippen LogP contribution in [0.25, 0.3) is 20.7 Å². The third-order valence-electron chi connectivity index (χ3n) is 6.81. The molecule has 9 heteroatoms. The lowest BCUT2D eigenvalue weighted by molar-refractivity contribution is 0.139. The van der Waals surface area contributed by atoms with Crippen LogP contribution < -0.4 is 15.0 Å². The number of methoxy groups -OCH3 is 1. The molecule has 1 fully saturated rings. The van der Waals surface area contributed by atoms with E-state index in [-0.39, 0.29) is 30.0 Å². The molecule has 2 amide bonds. The summed E-state index contributed by atoms with van der Waals surface area (Å²) in [5.74, 6) is 1.38. The maximum atomic E-state index is 13.4. The first kappa shape index (κ1) is 25.0. The van der Waals surface area contributed by atoms with Crippen LogP contribution in [0, 0.1) is 5.82 Å². The summed E-state index contributed by atoms with van der Waals surface area (Å²) in [4.78, 5) is 27.6. The second-order valence-electron chi connectivity index (χ2n) is 9.49. The van der Waals surface area contributed by atoms with Crippen LogP contribution in [0.15, 0.2) is 60.9 Å². The summed E-state index contributed by atoms with van der Waals surface area (Å²) in [7, 11) is 1.64. The summed E-state index contributed by atoms with van der Waals surface area (Å²) < 4.78 is 19.7. The van der Waals surface area contributed by atoms with Gasteiger partial charge in [-0.15, -0.1) is 11.3 Å². The van der Waals surface area contributed by atoms with Gasteiger partial charge in [-0.1, -0.05) is 24.3 Å². The Balaban J connectivity index is 1.33. The van der Waals surface area contributed by atoms with Crippen molar-refractivity contribution in [1.82, 2.24) is 20.2 Å². The monoisotopic (exact) mass is 519 g/mol. The molecule has 37 heavy (non-hydrogen) atoms. The van der Waals surface area contributed by atoms with E-state index < -0.39 is 0 Å². The number of benzene rings is 2. The lowest BCUT2D eigenvalue weighted by Crippen LogP contribution is -2.61. The van der Waals surface area contributed by atoms with Gasteiger partial charge in [0, 0.05) is 30.1 Å². The summed E-state index contributed by atoms with van der Waals surface area (Å²) in [6.45, 7) is 7.41. The molecular weight excluding hydrogens is 489 g/mol. The van der Waals surface area contributed by atoms with E-state index in [1.54, 1.807) is 36.9 Å². The number of carbonyl (C=O) groups is 1. The van der Waals surface area contributed by atoms with Crippen LogP contribution in [-0.2, 0) is 0 Å². The smallest absolute Gasteiger partial charge is 0.318 e. The highest BCUT2D eigenvalue weighted by molar-refractivity contribution is 7.22. The molecule has 1 aliphatic heterocycles. The number of fused-ring (bicyclic) bond motifs is 1. The molecule has 0 aliphatic carbocycles. The summed E-state index contributed by atoms with van der Waals surface area (Å²) >= 11 is 1.60. The van der Waals surface area contributed by atoms with Gasteiger partial charge in [0.25, 0.3) is 0 Å². The fourth-order valence-corrected chi connectivity index (χ4v) is 6.11. The van der Waals surface area contributed by atoms with Crippen molar-refractivity contribution in [3.05, 3.63) is 72.3 Å². The average Bonchev–Trinajstić information content (AvgIpc) is 3.33. The summed E-state index contributed by atoms with van der Waals surface area (Å²) in [5, 5.41) is 3.15. The fraction of sp³-hybridized carbons (Fsp3) is 0.321. The molecule has 0 bridgehead atoms. The van der Waals surface area contributed by atoms with Gasteiger partial charge in [0.05, 0.1) is 23.4 Å². The van der Waals surface area contributed by atoms with E-state index in [1.165, 1.54) is 12.1 Å². The molecule has 0 saturated carbocycles. The lowest BCUT2D eigenvalue weighted by Gasteiger charge is -2.45. The molecule has 2 aromatic heterocycles. The Hall–Kier alpha value is -3.72. The van der Waals surface area contributed by atoms with Gasteiger partial charge >= 0.3 is 6.03 Å². The first-order chi connectivity index (χ1) is 17.8. The van der Waals surface area contributed by atoms with E-state index in [1.807, 2.05) is 42.2 Å². The zero-order valence-electron chi connectivity index (χ0n) is 21.3. The quantitative estimate of drug-likeness (QED) is 0.357. The second-order valence-corrected chi connectivity index (χ2v) is 10.5. The average molecular weight is 520 g/mol. The van der Waals surface area contributed by atoms with Crippen LogP contribution in [0.3, 0.4) is 0 Å². The van der Waals surface area contributed by atoms with Gasteiger partial charge in [-0.25, -0.2) is 19.2 Å². The standard InChI is InChI=1S/C28H30FN5O2S/c1-17-14-33(15-18(2)34(17)28(35)32-19(3)21-6-5-7-23(12-21)36-4)27-26-24(30-16-31-27)13-25(37-26)20-8-10-22(29)11-9-20/h5-13,16-19H,14-15H2,1-4H3,(H,32,35)/t17-,18+,19-/m0/s1. The minimum absolute atomic E-state index is 0.0252. The topological polar surface area (TPSA) is 70.6 Å². The Morgan fingerprint density at radius 3 is 2.54 bits per heavy atom. The maximum Gasteiger partial charge on any atom is 0.318 e. The van der Waals surface area contributed by atoms with Crippen molar-refractivity contribution in [3.8, 4) is 16.2 Å². The van der Waals surface area contributed by atoms with Gasteiger partial charge in [-0.05, 0) is 62.2 Å². The number of aromatic nitrogens is 2. The van der Waals surface area contributed by atoms with E-state index in [4.69, 9.17) is 4.74 Å². The lowest BCUT2D eigenvalue weighted by atomic mass is 10.1. The van der Waals surface area contributed by atoms with Crippen LogP contribution >= 0.6 is 11.3 Å². The number of amides is 2. The number of thiophene rings is 1. The van der Waals surface area contributed by atoms with Crippen molar-refractivity contribution in [1.29, 1.82) is 0 Å². The zero-order chi connectivity index (χ0) is 26.1. The number of anilines is 1. The predicted octanol–water partition coefficient (Wildman–Crippen LogP) is 5.88. The third kappa shape index (κ3) is 5.09. The highest BCUT2D eigenvalue weighted by Gasteiger charge is 2.34. The number of carbonyl (C=O) groups excluding carboxylic acids is 1. The molecule has 3 heterocycles. The van der Waals surface area contributed by atoms with E-state index >= 15 is 0 Å². The normalized spacial score (nSPS) is 18.6. The van der Waals surface area contributed by atoms with Crippen LogP contribution in [-0.4, -0.2) is 53.2 Å². The number of ether oxygens (including phenoxy) is 1. The Labute approximate surface area is 219 Å². The number of nitrogens with one attached hydrogen (secondary N) is 1. The Bertz CT molecular complexity index is 1400. The van der Waals surface area contributed by atoms with Crippen LogP contribution in [0.5, 0.6) is 5.75 Å². The van der Waals surface area contributed by atoms with E-state index in [9.17, 15) is 9.18 Å². The molecule has 0 spiro atoms. The minimum Gasteiger partial charge on any atom is -0.497 e. The van der Waals surface area contributed by atoms with Crippen LogP contribution in [0.1, 0.15) is 32.4 Å². The first-order valence-corrected chi connectivity index (χ1v) is 13.1. The molecule has 192 valence electrons. The predicted molar refractivity (Wildman–Crippen MR) is 146 cm³/mol. The van der Waals surface area contributed by atoms with E-state index in [0.29, 0.717) is 13.1 Å². The number of urea groups is 1. The van der Waals surface area contributed by atoms with Crippen LogP contribution in [0.2, 0.25) is 0 Å². The highest BCUT2D eigenvalue weighted by atomic mass is 32.1. The summed E-state index contributed by atoms with van der Waals surface area (Å²) in [6.07, 6.45) is 1.59. The summed E-state index contributed by atoms with van der Waals surface area (Å²) in [6, 6.07) is 16.0. The Morgan fingerprint density at radius 2 is 1.84 bits per heavy atom. The van der Waals surface area contributed by atoms with Crippen LogP contribution in [0.4, 0.5) is 15.0 Å². The van der Waals surface area contributed by atoms with Gasteiger partial charge in [-0.2, -0.15) is 0 Å². The molecule has 0 unspecified atom stereocenters. The molecule has 2 aromatic carbocycles. The van der Waals surface area contributed by atoms with Gasteiger partial charge in [0.1, 0.15) is 23.7 Å².